The van der Waals surface area contributed by atoms with Crippen molar-refractivity contribution in [1.82, 2.24) is 0 Å². The summed E-state index contributed by atoms with van der Waals surface area (Å²) < 4.78 is 16.0. The molecule has 0 aromatic heterocycles. The summed E-state index contributed by atoms with van der Waals surface area (Å²) in [5.74, 6) is 1.38. The first-order chi connectivity index (χ1) is 10.0. The number of carbonyl (C=O) groups excluding carboxylic acids is 1. The highest BCUT2D eigenvalue weighted by Gasteiger charge is 2.10. The number of hydrogen-bond donors (Lipinski definition) is 2. The second-order valence-electron chi connectivity index (χ2n) is 4.27. The largest absolute Gasteiger partial charge is 0.497 e. The van der Waals surface area contributed by atoms with Crippen LogP contribution in [0.4, 0.5) is 5.69 Å². The Hall–Kier alpha value is -2.89. The molecule has 0 aliphatic carbocycles. The van der Waals surface area contributed by atoms with Gasteiger partial charge in [0, 0.05) is 29.4 Å². The summed E-state index contributed by atoms with van der Waals surface area (Å²) in [4.78, 5) is 11.2. The minimum absolute atomic E-state index is 0.337. The SMILES string of the molecule is COc1cc(N)cc(Oc2ccc(C(N)=O)cc2OC)c1. The van der Waals surface area contributed by atoms with Gasteiger partial charge in [-0.05, 0) is 18.2 Å². The van der Waals surface area contributed by atoms with E-state index in [1.165, 1.54) is 13.2 Å². The lowest BCUT2D eigenvalue weighted by atomic mass is 10.2. The van der Waals surface area contributed by atoms with Crippen molar-refractivity contribution < 1.29 is 19.0 Å². The lowest BCUT2D eigenvalue weighted by Crippen LogP contribution is -2.10. The summed E-state index contributed by atoms with van der Waals surface area (Å²) in [6.45, 7) is 0. The first-order valence-corrected chi connectivity index (χ1v) is 6.13. The number of amides is 1. The number of hydrogen-bond acceptors (Lipinski definition) is 5. The zero-order valence-electron chi connectivity index (χ0n) is 11.8. The van der Waals surface area contributed by atoms with E-state index in [0.29, 0.717) is 34.2 Å². The molecule has 4 N–H and O–H groups in total. The van der Waals surface area contributed by atoms with Gasteiger partial charge in [-0.25, -0.2) is 0 Å². The van der Waals surface area contributed by atoms with Gasteiger partial charge in [0.2, 0.25) is 5.91 Å². The molecule has 0 unspecified atom stereocenters. The summed E-state index contributed by atoms with van der Waals surface area (Å²) in [5.41, 5.74) is 11.8. The molecule has 0 bridgehead atoms. The minimum atomic E-state index is -0.537. The highest BCUT2D eigenvalue weighted by Crippen LogP contribution is 2.34. The second-order valence-corrected chi connectivity index (χ2v) is 4.27. The van der Waals surface area contributed by atoms with Crippen LogP contribution in [-0.4, -0.2) is 20.1 Å². The Balaban J connectivity index is 2.35. The second kappa shape index (κ2) is 6.04. The number of primary amides is 1. The maximum absolute atomic E-state index is 11.2. The number of nitrogens with two attached hydrogens (primary N) is 2. The van der Waals surface area contributed by atoms with Crippen LogP contribution in [0.1, 0.15) is 10.4 Å². The number of anilines is 1. The highest BCUT2D eigenvalue weighted by atomic mass is 16.5. The van der Waals surface area contributed by atoms with Gasteiger partial charge in [0.15, 0.2) is 11.5 Å². The van der Waals surface area contributed by atoms with Crippen LogP contribution in [0, 0.1) is 0 Å². The van der Waals surface area contributed by atoms with E-state index in [2.05, 4.69) is 0 Å². The van der Waals surface area contributed by atoms with Gasteiger partial charge in [-0.15, -0.1) is 0 Å². The van der Waals surface area contributed by atoms with Crippen LogP contribution in [0.5, 0.6) is 23.0 Å². The summed E-state index contributed by atoms with van der Waals surface area (Å²) in [5, 5.41) is 0. The van der Waals surface area contributed by atoms with E-state index < -0.39 is 5.91 Å². The molecule has 0 aliphatic heterocycles. The standard InChI is InChI=1S/C15H16N2O4/c1-19-11-6-10(16)7-12(8-11)21-13-4-3-9(15(17)18)5-14(13)20-2/h3-8H,16H2,1-2H3,(H2,17,18). The maximum Gasteiger partial charge on any atom is 0.248 e. The molecule has 21 heavy (non-hydrogen) atoms. The molecule has 6 nitrogen and oxygen atoms in total. The van der Waals surface area contributed by atoms with Crippen LogP contribution in [0.3, 0.4) is 0 Å². The fourth-order valence-electron chi connectivity index (χ4n) is 1.80. The van der Waals surface area contributed by atoms with Crippen molar-refractivity contribution in [3.63, 3.8) is 0 Å². The smallest absolute Gasteiger partial charge is 0.248 e. The Labute approximate surface area is 122 Å². The van der Waals surface area contributed by atoms with Crippen LogP contribution >= 0.6 is 0 Å². The van der Waals surface area contributed by atoms with Crippen LogP contribution < -0.4 is 25.7 Å². The third-order valence-electron chi connectivity index (χ3n) is 2.81. The molecule has 2 aromatic carbocycles. The fourth-order valence-corrected chi connectivity index (χ4v) is 1.80. The van der Waals surface area contributed by atoms with E-state index >= 15 is 0 Å². The Morgan fingerprint density at radius 1 is 0.952 bits per heavy atom. The van der Waals surface area contributed by atoms with Gasteiger partial charge >= 0.3 is 0 Å². The summed E-state index contributed by atoms with van der Waals surface area (Å²) >= 11 is 0. The van der Waals surface area contributed by atoms with Crippen molar-refractivity contribution in [2.75, 3.05) is 20.0 Å². The van der Waals surface area contributed by atoms with Crippen LogP contribution in [-0.2, 0) is 0 Å². The Morgan fingerprint density at radius 2 is 1.67 bits per heavy atom. The molecule has 2 aromatic rings. The van der Waals surface area contributed by atoms with Crippen molar-refractivity contribution in [3.8, 4) is 23.0 Å². The minimum Gasteiger partial charge on any atom is -0.497 e. The third kappa shape index (κ3) is 3.36. The topological polar surface area (TPSA) is 96.8 Å². The van der Waals surface area contributed by atoms with E-state index in [0.717, 1.165) is 0 Å². The van der Waals surface area contributed by atoms with Crippen LogP contribution in [0.2, 0.25) is 0 Å². The normalized spacial score (nSPS) is 10.0. The molecule has 1 amide bonds. The lowest BCUT2D eigenvalue weighted by Gasteiger charge is -2.12. The number of methoxy groups -OCH3 is 2. The first-order valence-electron chi connectivity index (χ1n) is 6.13. The molecule has 0 aliphatic rings. The van der Waals surface area contributed by atoms with Gasteiger partial charge in [-0.3, -0.25) is 4.79 Å². The fraction of sp³-hybridized carbons (Fsp3) is 0.133. The molecule has 0 saturated heterocycles. The number of rotatable bonds is 5. The molecule has 0 spiro atoms. The molecule has 0 heterocycles. The molecule has 2 rings (SSSR count). The molecule has 0 atom stereocenters. The van der Waals surface area contributed by atoms with Crippen LogP contribution in [0.25, 0.3) is 0 Å². The van der Waals surface area contributed by atoms with Gasteiger partial charge in [0.25, 0.3) is 0 Å². The summed E-state index contributed by atoms with van der Waals surface area (Å²) in [7, 11) is 3.02. The first kappa shape index (κ1) is 14.5. The van der Waals surface area contributed by atoms with E-state index in [1.807, 2.05) is 0 Å². The molecule has 0 saturated carbocycles. The van der Waals surface area contributed by atoms with E-state index in [-0.39, 0.29) is 0 Å². The van der Waals surface area contributed by atoms with Crippen molar-refractivity contribution in [2.45, 2.75) is 0 Å². The average Bonchev–Trinajstić information content (AvgIpc) is 2.46. The average molecular weight is 288 g/mol. The summed E-state index contributed by atoms with van der Waals surface area (Å²) in [6, 6.07) is 9.71. The van der Waals surface area contributed by atoms with E-state index in [4.69, 9.17) is 25.7 Å². The van der Waals surface area contributed by atoms with Gasteiger partial charge in [-0.2, -0.15) is 0 Å². The van der Waals surface area contributed by atoms with Crippen molar-refractivity contribution in [3.05, 3.63) is 42.0 Å². The number of benzene rings is 2. The van der Waals surface area contributed by atoms with E-state index in [9.17, 15) is 4.79 Å². The van der Waals surface area contributed by atoms with E-state index in [1.54, 1.807) is 37.4 Å². The molecule has 6 heteroatoms. The molecule has 110 valence electrons. The Morgan fingerprint density at radius 3 is 2.29 bits per heavy atom. The zero-order valence-corrected chi connectivity index (χ0v) is 11.8. The molecular weight excluding hydrogens is 272 g/mol. The number of ether oxygens (including phenoxy) is 3. The summed E-state index contributed by atoms with van der Waals surface area (Å²) in [6.07, 6.45) is 0. The van der Waals surface area contributed by atoms with Gasteiger partial charge in [-0.1, -0.05) is 0 Å². The zero-order chi connectivity index (χ0) is 15.4. The Bertz CT molecular complexity index is 671. The van der Waals surface area contributed by atoms with Crippen molar-refractivity contribution in [1.29, 1.82) is 0 Å². The Kier molecular flexibility index (Phi) is 4.18. The number of carbonyl (C=O) groups is 1. The van der Waals surface area contributed by atoms with Crippen molar-refractivity contribution in [2.24, 2.45) is 5.73 Å². The van der Waals surface area contributed by atoms with Gasteiger partial charge in [0.1, 0.15) is 11.5 Å². The van der Waals surface area contributed by atoms with Crippen LogP contribution in [0.15, 0.2) is 36.4 Å². The maximum atomic E-state index is 11.2. The molecular formula is C15H16N2O4. The van der Waals surface area contributed by atoms with Gasteiger partial charge < -0.3 is 25.7 Å². The number of nitrogen functional groups attached to an aromatic ring is 1. The lowest BCUT2D eigenvalue weighted by molar-refractivity contribution is 0.1000. The molecule has 0 radical (unpaired) electrons. The quantitative estimate of drug-likeness (QED) is 0.822. The predicted molar refractivity (Wildman–Crippen MR) is 79.0 cm³/mol. The highest BCUT2D eigenvalue weighted by molar-refractivity contribution is 5.93. The monoisotopic (exact) mass is 288 g/mol. The van der Waals surface area contributed by atoms with Crippen molar-refractivity contribution >= 4 is 11.6 Å². The third-order valence-corrected chi connectivity index (χ3v) is 2.81. The van der Waals surface area contributed by atoms with Gasteiger partial charge in [0.05, 0.1) is 14.2 Å². The molecule has 0 fully saturated rings. The predicted octanol–water partition coefficient (Wildman–Crippen LogP) is 2.18.